The van der Waals surface area contributed by atoms with Crippen molar-refractivity contribution in [2.45, 2.75) is 0 Å². The Labute approximate surface area is 220 Å². The van der Waals surface area contributed by atoms with Crippen molar-refractivity contribution in [2.24, 2.45) is 0 Å². The lowest BCUT2D eigenvalue weighted by Crippen LogP contribution is -1.92. The summed E-state index contributed by atoms with van der Waals surface area (Å²) in [6, 6.07) is 49.5. The topological polar surface area (TPSA) is 18.1 Å². The van der Waals surface area contributed by atoms with Gasteiger partial charge in [0.25, 0.3) is 0 Å². The Morgan fingerprint density at radius 3 is 1.95 bits per heavy atom. The first-order valence-electron chi connectivity index (χ1n) is 12.9. The Hall–Kier alpha value is -5.08. The lowest BCUT2D eigenvalue weighted by Gasteiger charge is -2.08. The van der Waals surface area contributed by atoms with Crippen LogP contribution in [0.5, 0.6) is 0 Å². The van der Waals surface area contributed by atoms with Crippen molar-refractivity contribution in [1.82, 2.24) is 4.57 Å². The summed E-state index contributed by atoms with van der Waals surface area (Å²) in [6.07, 6.45) is 0. The van der Waals surface area contributed by atoms with Gasteiger partial charge in [0.2, 0.25) is 0 Å². The molecule has 0 saturated heterocycles. The fourth-order valence-corrected chi connectivity index (χ4v) is 5.87. The lowest BCUT2D eigenvalue weighted by molar-refractivity contribution is 0.669. The molecule has 0 atom stereocenters. The van der Waals surface area contributed by atoms with E-state index in [1.807, 2.05) is 0 Å². The van der Waals surface area contributed by atoms with Crippen LogP contribution in [0.3, 0.4) is 0 Å². The highest BCUT2D eigenvalue weighted by Crippen LogP contribution is 2.40. The van der Waals surface area contributed by atoms with Gasteiger partial charge in [-0.15, -0.1) is 0 Å². The number of rotatable bonds is 3. The lowest BCUT2D eigenvalue weighted by atomic mass is 9.97. The highest BCUT2D eigenvalue weighted by atomic mass is 16.3. The van der Waals surface area contributed by atoms with Crippen LogP contribution in [-0.2, 0) is 0 Å². The molecule has 0 radical (unpaired) electrons. The fourth-order valence-electron chi connectivity index (χ4n) is 5.87. The summed E-state index contributed by atoms with van der Waals surface area (Å²) in [5, 5.41) is 4.82. The van der Waals surface area contributed by atoms with Crippen LogP contribution in [0.4, 0.5) is 0 Å². The number of nitrogens with zero attached hydrogens (tertiary/aromatic N) is 1. The second kappa shape index (κ2) is 8.22. The summed E-state index contributed by atoms with van der Waals surface area (Å²) in [7, 11) is 0. The molecule has 0 bridgehead atoms. The Bertz CT molecular complexity index is 2110. The molecule has 0 aliphatic carbocycles. The molecule has 2 aromatic heterocycles. The summed E-state index contributed by atoms with van der Waals surface area (Å²) < 4.78 is 8.64. The molecule has 0 aliphatic rings. The summed E-state index contributed by atoms with van der Waals surface area (Å²) in [5.74, 6) is 0. The van der Waals surface area contributed by atoms with Gasteiger partial charge in [0, 0.05) is 27.2 Å². The Balaban J connectivity index is 1.36. The van der Waals surface area contributed by atoms with E-state index in [2.05, 4.69) is 144 Å². The zero-order chi connectivity index (χ0) is 25.1. The molecule has 6 aromatic carbocycles. The first-order chi connectivity index (χ1) is 18.8. The molecule has 178 valence electrons. The molecule has 0 unspecified atom stereocenters. The SMILES string of the molecule is c1ccc(-c2cccc3oc4ccc(-c5ccc6c(c5)c5ccccc5n6-c5ccccc5)cc4c23)cc1. The molecule has 0 amide bonds. The number of aromatic nitrogens is 1. The number of hydrogen-bond donors (Lipinski definition) is 0. The average molecular weight is 486 g/mol. The third-order valence-electron chi connectivity index (χ3n) is 7.60. The van der Waals surface area contributed by atoms with Gasteiger partial charge >= 0.3 is 0 Å². The number of hydrogen-bond acceptors (Lipinski definition) is 1. The van der Waals surface area contributed by atoms with Crippen LogP contribution in [0.2, 0.25) is 0 Å². The Morgan fingerprint density at radius 2 is 1.11 bits per heavy atom. The molecule has 0 N–H and O–H groups in total. The smallest absolute Gasteiger partial charge is 0.136 e. The molecular weight excluding hydrogens is 462 g/mol. The van der Waals surface area contributed by atoms with Crippen molar-refractivity contribution < 1.29 is 4.42 Å². The van der Waals surface area contributed by atoms with Crippen LogP contribution < -0.4 is 0 Å². The minimum atomic E-state index is 0.911. The quantitative estimate of drug-likeness (QED) is 0.243. The van der Waals surface area contributed by atoms with Crippen molar-refractivity contribution in [3.8, 4) is 27.9 Å². The average Bonchev–Trinajstić information content (AvgIpc) is 3.53. The van der Waals surface area contributed by atoms with E-state index in [-0.39, 0.29) is 0 Å². The molecule has 0 fully saturated rings. The Kier molecular flexibility index (Phi) is 4.55. The number of fused-ring (bicyclic) bond motifs is 6. The van der Waals surface area contributed by atoms with Crippen LogP contribution in [-0.4, -0.2) is 4.57 Å². The van der Waals surface area contributed by atoms with Crippen molar-refractivity contribution in [2.75, 3.05) is 0 Å². The normalized spacial score (nSPS) is 11.7. The second-order valence-corrected chi connectivity index (χ2v) is 9.78. The maximum absolute atomic E-state index is 6.28. The van der Waals surface area contributed by atoms with Crippen LogP contribution in [0.15, 0.2) is 144 Å². The molecule has 0 aliphatic heterocycles. The van der Waals surface area contributed by atoms with Crippen molar-refractivity contribution in [1.29, 1.82) is 0 Å². The second-order valence-electron chi connectivity index (χ2n) is 9.78. The number of para-hydroxylation sites is 2. The van der Waals surface area contributed by atoms with Crippen molar-refractivity contribution in [3.63, 3.8) is 0 Å². The fraction of sp³-hybridized carbons (Fsp3) is 0. The zero-order valence-corrected chi connectivity index (χ0v) is 20.6. The predicted octanol–water partition coefficient (Wildman–Crippen LogP) is 10.0. The molecule has 8 rings (SSSR count). The first kappa shape index (κ1) is 21.0. The minimum Gasteiger partial charge on any atom is -0.456 e. The summed E-state index contributed by atoms with van der Waals surface area (Å²) in [6.45, 7) is 0. The van der Waals surface area contributed by atoms with E-state index in [1.54, 1.807) is 0 Å². The van der Waals surface area contributed by atoms with Gasteiger partial charge < -0.3 is 8.98 Å². The van der Waals surface area contributed by atoms with E-state index in [9.17, 15) is 0 Å². The zero-order valence-electron chi connectivity index (χ0n) is 20.6. The van der Waals surface area contributed by atoms with Gasteiger partial charge in [0.15, 0.2) is 0 Å². The van der Waals surface area contributed by atoms with Gasteiger partial charge in [-0.2, -0.15) is 0 Å². The Morgan fingerprint density at radius 1 is 0.421 bits per heavy atom. The standard InChI is InChI=1S/C36H23NO/c1-3-10-24(11-4-1)28-15-9-17-35-36(28)31-23-26(19-21-34(31)38-35)25-18-20-33-30(22-25)29-14-7-8-16-32(29)37(33)27-12-5-2-6-13-27/h1-23H. The van der Waals surface area contributed by atoms with E-state index in [0.29, 0.717) is 0 Å². The van der Waals surface area contributed by atoms with Gasteiger partial charge in [-0.05, 0) is 70.8 Å². The molecule has 2 heteroatoms. The molecule has 0 saturated carbocycles. The van der Waals surface area contributed by atoms with E-state index in [4.69, 9.17) is 4.42 Å². The van der Waals surface area contributed by atoms with E-state index in [0.717, 1.165) is 21.9 Å². The molecule has 0 spiro atoms. The van der Waals surface area contributed by atoms with Crippen LogP contribution >= 0.6 is 0 Å². The molecule has 38 heavy (non-hydrogen) atoms. The number of furan rings is 1. The van der Waals surface area contributed by atoms with E-state index < -0.39 is 0 Å². The van der Waals surface area contributed by atoms with Gasteiger partial charge in [0.1, 0.15) is 11.2 Å². The van der Waals surface area contributed by atoms with Crippen LogP contribution in [0.25, 0.3) is 71.7 Å². The summed E-state index contributed by atoms with van der Waals surface area (Å²) in [4.78, 5) is 0. The monoisotopic (exact) mass is 485 g/mol. The van der Waals surface area contributed by atoms with Crippen molar-refractivity contribution >= 4 is 43.7 Å². The van der Waals surface area contributed by atoms with Crippen molar-refractivity contribution in [3.05, 3.63) is 140 Å². The van der Waals surface area contributed by atoms with Gasteiger partial charge in [-0.3, -0.25) is 0 Å². The largest absolute Gasteiger partial charge is 0.456 e. The summed E-state index contributed by atoms with van der Waals surface area (Å²) in [5.41, 5.74) is 10.2. The van der Waals surface area contributed by atoms with Crippen LogP contribution in [0.1, 0.15) is 0 Å². The van der Waals surface area contributed by atoms with E-state index in [1.165, 1.54) is 49.7 Å². The van der Waals surface area contributed by atoms with Gasteiger partial charge in [-0.1, -0.05) is 91.0 Å². The molecule has 2 nitrogen and oxygen atoms in total. The highest BCUT2D eigenvalue weighted by molar-refractivity contribution is 6.14. The maximum atomic E-state index is 6.28. The third-order valence-corrected chi connectivity index (χ3v) is 7.60. The van der Waals surface area contributed by atoms with Gasteiger partial charge in [-0.25, -0.2) is 0 Å². The first-order valence-corrected chi connectivity index (χ1v) is 12.9. The van der Waals surface area contributed by atoms with Gasteiger partial charge in [0.05, 0.1) is 11.0 Å². The molecule has 2 heterocycles. The molecule has 8 aromatic rings. The maximum Gasteiger partial charge on any atom is 0.136 e. The van der Waals surface area contributed by atoms with Crippen LogP contribution in [0, 0.1) is 0 Å². The summed E-state index contributed by atoms with van der Waals surface area (Å²) >= 11 is 0. The molecular formula is C36H23NO. The highest BCUT2D eigenvalue weighted by Gasteiger charge is 2.15. The van der Waals surface area contributed by atoms with E-state index >= 15 is 0 Å². The third kappa shape index (κ3) is 3.14. The minimum absolute atomic E-state index is 0.911. The predicted molar refractivity (Wildman–Crippen MR) is 159 cm³/mol. The number of benzene rings is 6.